The second-order valence-corrected chi connectivity index (χ2v) is 3.16. The van der Waals surface area contributed by atoms with Crippen molar-refractivity contribution in [2.24, 2.45) is 0 Å². The molecule has 0 fully saturated rings. The molecule has 5 heteroatoms. The summed E-state index contributed by atoms with van der Waals surface area (Å²) < 4.78 is 24.9. The van der Waals surface area contributed by atoms with Crippen molar-refractivity contribution >= 4 is 11.6 Å². The van der Waals surface area contributed by atoms with Crippen LogP contribution in [0.15, 0.2) is 12.4 Å². The maximum atomic E-state index is 11.8. The Morgan fingerprint density at radius 1 is 1.67 bits per heavy atom. The van der Waals surface area contributed by atoms with Gasteiger partial charge < -0.3 is 0 Å². The average molecular weight is 195 g/mol. The Balaban J connectivity index is 2.64. The molecular weight excluding hydrogens is 186 g/mol. The summed E-state index contributed by atoms with van der Waals surface area (Å²) >= 11 is 5.71. The van der Waals surface area contributed by atoms with Gasteiger partial charge in [-0.3, -0.25) is 4.68 Å². The smallest absolute Gasteiger partial charge is 0.257 e. The fraction of sp³-hybridized carbons (Fsp3) is 0.571. The summed E-state index contributed by atoms with van der Waals surface area (Å²) in [7, 11) is 0. The maximum absolute atomic E-state index is 11.8. The molecule has 0 N–H and O–H groups in total. The molecular formula is C7H9ClF2N2. The van der Waals surface area contributed by atoms with E-state index in [1.54, 1.807) is 6.92 Å². The molecule has 0 saturated heterocycles. The van der Waals surface area contributed by atoms with Crippen LogP contribution in [0.3, 0.4) is 0 Å². The molecule has 0 aromatic carbocycles. The zero-order chi connectivity index (χ0) is 9.14. The van der Waals surface area contributed by atoms with Crippen LogP contribution in [-0.4, -0.2) is 16.2 Å². The number of halogens is 3. The number of aromatic nitrogens is 2. The fourth-order valence-corrected chi connectivity index (χ4v) is 0.939. The minimum atomic E-state index is -2.37. The lowest BCUT2D eigenvalue weighted by molar-refractivity contribution is 0.122. The first-order valence-corrected chi connectivity index (χ1v) is 3.98. The molecule has 0 aliphatic rings. The predicted octanol–water partition coefficient (Wildman–Crippen LogP) is 2.45. The largest absolute Gasteiger partial charge is 0.267 e. The van der Waals surface area contributed by atoms with Crippen LogP contribution < -0.4 is 0 Å². The molecule has 0 amide bonds. The van der Waals surface area contributed by atoms with Gasteiger partial charge in [0, 0.05) is 11.8 Å². The zero-order valence-corrected chi connectivity index (χ0v) is 7.30. The lowest BCUT2D eigenvalue weighted by Gasteiger charge is -1.98. The Bertz CT molecular complexity index is 247. The molecule has 1 rings (SSSR count). The number of alkyl halides is 3. The molecule has 68 valence electrons. The third-order valence-corrected chi connectivity index (χ3v) is 1.69. The molecule has 0 radical (unpaired) electrons. The van der Waals surface area contributed by atoms with E-state index in [2.05, 4.69) is 5.10 Å². The summed E-state index contributed by atoms with van der Waals surface area (Å²) in [6, 6.07) is 0. The van der Waals surface area contributed by atoms with E-state index in [9.17, 15) is 8.78 Å². The predicted molar refractivity (Wildman–Crippen MR) is 42.5 cm³/mol. The van der Waals surface area contributed by atoms with E-state index >= 15 is 0 Å². The SMILES string of the molecule is CC(Cl)c1cnn(CC(F)F)c1. The van der Waals surface area contributed by atoms with Crippen molar-refractivity contribution in [2.45, 2.75) is 25.3 Å². The van der Waals surface area contributed by atoms with Gasteiger partial charge in [0.2, 0.25) is 0 Å². The Kier molecular flexibility index (Phi) is 3.03. The van der Waals surface area contributed by atoms with Crippen LogP contribution in [0.5, 0.6) is 0 Å². The molecule has 2 nitrogen and oxygen atoms in total. The average Bonchev–Trinajstić information content (AvgIpc) is 2.34. The van der Waals surface area contributed by atoms with E-state index in [0.29, 0.717) is 0 Å². The van der Waals surface area contributed by atoms with E-state index in [1.165, 1.54) is 17.1 Å². The van der Waals surface area contributed by atoms with Crippen LogP contribution in [-0.2, 0) is 6.54 Å². The van der Waals surface area contributed by atoms with E-state index in [4.69, 9.17) is 11.6 Å². The summed E-state index contributed by atoms with van der Waals surface area (Å²) in [5.74, 6) is 0. The summed E-state index contributed by atoms with van der Waals surface area (Å²) in [6.45, 7) is 1.40. The number of rotatable bonds is 3. The summed E-state index contributed by atoms with van der Waals surface area (Å²) in [5.41, 5.74) is 0.761. The molecule has 1 unspecified atom stereocenters. The highest BCUT2D eigenvalue weighted by Gasteiger charge is 2.07. The van der Waals surface area contributed by atoms with Crippen LogP contribution in [0.2, 0.25) is 0 Å². The lowest BCUT2D eigenvalue weighted by atomic mass is 10.3. The van der Waals surface area contributed by atoms with Crippen molar-refractivity contribution in [2.75, 3.05) is 0 Å². The molecule has 0 aliphatic heterocycles. The van der Waals surface area contributed by atoms with Gasteiger partial charge in [-0.15, -0.1) is 11.6 Å². The van der Waals surface area contributed by atoms with Gasteiger partial charge in [-0.1, -0.05) is 0 Å². The molecule has 1 aromatic rings. The quantitative estimate of drug-likeness (QED) is 0.676. The van der Waals surface area contributed by atoms with E-state index in [-0.39, 0.29) is 11.9 Å². The van der Waals surface area contributed by atoms with Crippen LogP contribution in [0.1, 0.15) is 17.9 Å². The molecule has 1 heterocycles. The molecule has 0 bridgehead atoms. The lowest BCUT2D eigenvalue weighted by Crippen LogP contribution is -2.06. The van der Waals surface area contributed by atoms with Gasteiger partial charge in [0.05, 0.1) is 11.6 Å². The molecule has 12 heavy (non-hydrogen) atoms. The minimum Gasteiger partial charge on any atom is -0.267 e. The van der Waals surface area contributed by atoms with Crippen molar-refractivity contribution in [3.05, 3.63) is 18.0 Å². The van der Waals surface area contributed by atoms with Gasteiger partial charge in [0.15, 0.2) is 0 Å². The third kappa shape index (κ3) is 2.44. The first-order chi connectivity index (χ1) is 5.59. The normalized spacial score (nSPS) is 13.8. The van der Waals surface area contributed by atoms with Crippen molar-refractivity contribution in [3.63, 3.8) is 0 Å². The van der Waals surface area contributed by atoms with E-state index in [0.717, 1.165) is 5.56 Å². The summed E-state index contributed by atoms with van der Waals surface area (Å²) in [4.78, 5) is 0. The maximum Gasteiger partial charge on any atom is 0.257 e. The molecule has 1 atom stereocenters. The minimum absolute atomic E-state index is 0.184. The van der Waals surface area contributed by atoms with Gasteiger partial charge in [-0.2, -0.15) is 5.10 Å². The monoisotopic (exact) mass is 194 g/mol. The van der Waals surface area contributed by atoms with Gasteiger partial charge in [0.1, 0.15) is 6.54 Å². The molecule has 0 aliphatic carbocycles. The first-order valence-electron chi connectivity index (χ1n) is 3.54. The van der Waals surface area contributed by atoms with Gasteiger partial charge in [-0.25, -0.2) is 8.78 Å². The zero-order valence-electron chi connectivity index (χ0n) is 6.54. The van der Waals surface area contributed by atoms with Gasteiger partial charge in [0.25, 0.3) is 6.43 Å². The Morgan fingerprint density at radius 3 is 2.75 bits per heavy atom. The molecule has 0 saturated carbocycles. The van der Waals surface area contributed by atoms with E-state index < -0.39 is 6.43 Å². The van der Waals surface area contributed by atoms with Crippen molar-refractivity contribution < 1.29 is 8.78 Å². The van der Waals surface area contributed by atoms with Gasteiger partial charge in [-0.05, 0) is 6.92 Å². The number of hydrogen-bond donors (Lipinski definition) is 0. The highest BCUT2D eigenvalue weighted by atomic mass is 35.5. The fourth-order valence-electron chi connectivity index (χ4n) is 0.826. The topological polar surface area (TPSA) is 17.8 Å². The third-order valence-electron chi connectivity index (χ3n) is 1.44. The van der Waals surface area contributed by atoms with Crippen LogP contribution in [0.4, 0.5) is 8.78 Å². The second-order valence-electron chi connectivity index (χ2n) is 2.50. The van der Waals surface area contributed by atoms with Crippen molar-refractivity contribution in [1.82, 2.24) is 9.78 Å². The number of nitrogens with zero attached hydrogens (tertiary/aromatic N) is 2. The molecule has 1 aromatic heterocycles. The van der Waals surface area contributed by atoms with Crippen molar-refractivity contribution in [1.29, 1.82) is 0 Å². The van der Waals surface area contributed by atoms with Crippen LogP contribution in [0.25, 0.3) is 0 Å². The van der Waals surface area contributed by atoms with Gasteiger partial charge >= 0.3 is 0 Å². The summed E-state index contributed by atoms with van der Waals surface area (Å²) in [6.07, 6.45) is 0.660. The Labute approximate surface area is 74.1 Å². The Hall–Kier alpha value is -0.640. The standard InChI is InChI=1S/C7H9ClF2N2/c1-5(8)6-2-11-12(3-6)4-7(9)10/h2-3,5,7H,4H2,1H3. The van der Waals surface area contributed by atoms with Crippen LogP contribution >= 0.6 is 11.6 Å². The van der Waals surface area contributed by atoms with E-state index in [1.807, 2.05) is 0 Å². The highest BCUT2D eigenvalue weighted by molar-refractivity contribution is 6.20. The van der Waals surface area contributed by atoms with Crippen molar-refractivity contribution in [3.8, 4) is 0 Å². The second kappa shape index (κ2) is 3.85. The van der Waals surface area contributed by atoms with Crippen LogP contribution in [0, 0.1) is 0 Å². The summed E-state index contributed by atoms with van der Waals surface area (Å²) in [5, 5.41) is 3.55. The number of hydrogen-bond acceptors (Lipinski definition) is 1. The highest BCUT2D eigenvalue weighted by Crippen LogP contribution is 2.17. The first kappa shape index (κ1) is 9.45. The Morgan fingerprint density at radius 2 is 2.33 bits per heavy atom. The molecule has 0 spiro atoms.